The van der Waals surface area contributed by atoms with E-state index in [1.165, 1.54) is 11.8 Å². The van der Waals surface area contributed by atoms with Crippen LogP contribution in [0.15, 0.2) is 0 Å². The highest BCUT2D eigenvalue weighted by Crippen LogP contribution is 2.20. The van der Waals surface area contributed by atoms with E-state index in [4.69, 9.17) is 12.2 Å². The van der Waals surface area contributed by atoms with Crippen LogP contribution < -0.4 is 0 Å². The van der Waals surface area contributed by atoms with Crippen molar-refractivity contribution in [2.24, 2.45) is 5.92 Å². The van der Waals surface area contributed by atoms with Gasteiger partial charge in [0.05, 0.1) is 5.75 Å². The first-order valence-corrected chi connectivity index (χ1v) is 5.47. The molecule has 0 aromatic rings. The zero-order valence-corrected chi connectivity index (χ0v) is 9.00. The molecule has 1 rings (SSSR count). The van der Waals surface area contributed by atoms with E-state index in [1.807, 2.05) is 0 Å². The SMILES string of the molecule is CC(C)CCN1C(=O)CSC1=S. The summed E-state index contributed by atoms with van der Waals surface area (Å²) >= 11 is 6.51. The zero-order chi connectivity index (χ0) is 9.14. The van der Waals surface area contributed by atoms with Crippen LogP contribution in [-0.2, 0) is 4.79 Å². The molecule has 0 saturated carbocycles. The summed E-state index contributed by atoms with van der Waals surface area (Å²) in [5.74, 6) is 1.34. The number of rotatable bonds is 3. The van der Waals surface area contributed by atoms with E-state index in [0.29, 0.717) is 11.7 Å². The Labute approximate surface area is 82.7 Å². The first-order chi connectivity index (χ1) is 5.61. The van der Waals surface area contributed by atoms with Gasteiger partial charge < -0.3 is 0 Å². The van der Waals surface area contributed by atoms with Gasteiger partial charge in [-0.15, -0.1) is 0 Å². The molecule has 0 aromatic heterocycles. The largest absolute Gasteiger partial charge is 0.297 e. The second kappa shape index (κ2) is 4.23. The minimum atomic E-state index is 0.172. The van der Waals surface area contributed by atoms with Crippen molar-refractivity contribution in [3.8, 4) is 0 Å². The van der Waals surface area contributed by atoms with Gasteiger partial charge in [-0.2, -0.15) is 0 Å². The fourth-order valence-electron chi connectivity index (χ4n) is 0.984. The highest BCUT2D eigenvalue weighted by atomic mass is 32.2. The van der Waals surface area contributed by atoms with Crippen molar-refractivity contribution in [2.75, 3.05) is 12.3 Å². The van der Waals surface area contributed by atoms with E-state index >= 15 is 0 Å². The standard InChI is InChI=1S/C8H13NOS2/c1-6(2)3-4-9-7(10)5-12-8(9)11/h6H,3-5H2,1-2H3. The Hall–Kier alpha value is -0.0900. The molecule has 12 heavy (non-hydrogen) atoms. The third kappa shape index (κ3) is 2.45. The Balaban J connectivity index is 2.40. The summed E-state index contributed by atoms with van der Waals surface area (Å²) in [6.45, 7) is 5.09. The maximum Gasteiger partial charge on any atom is 0.238 e. The van der Waals surface area contributed by atoms with Gasteiger partial charge in [0.2, 0.25) is 5.91 Å². The second-order valence-electron chi connectivity index (χ2n) is 3.28. The van der Waals surface area contributed by atoms with Gasteiger partial charge >= 0.3 is 0 Å². The quantitative estimate of drug-likeness (QED) is 0.653. The van der Waals surface area contributed by atoms with Crippen LogP contribution in [0.1, 0.15) is 20.3 Å². The molecular formula is C8H13NOS2. The summed E-state index contributed by atoms with van der Waals surface area (Å²) in [5, 5.41) is 0. The number of amides is 1. The summed E-state index contributed by atoms with van der Waals surface area (Å²) < 4.78 is 0.751. The van der Waals surface area contributed by atoms with E-state index < -0.39 is 0 Å². The van der Waals surface area contributed by atoms with Gasteiger partial charge in [-0.05, 0) is 12.3 Å². The molecule has 0 atom stereocenters. The normalized spacial score (nSPS) is 18.1. The average molecular weight is 203 g/mol. The lowest BCUT2D eigenvalue weighted by molar-refractivity contribution is -0.124. The zero-order valence-electron chi connectivity index (χ0n) is 7.37. The molecule has 0 spiro atoms. The predicted molar refractivity (Wildman–Crippen MR) is 56.2 cm³/mol. The number of hydrogen-bond donors (Lipinski definition) is 0. The van der Waals surface area contributed by atoms with Crippen LogP contribution in [0.2, 0.25) is 0 Å². The highest BCUT2D eigenvalue weighted by molar-refractivity contribution is 8.23. The van der Waals surface area contributed by atoms with Gasteiger partial charge in [0.25, 0.3) is 0 Å². The molecule has 0 aromatic carbocycles. The molecule has 4 heteroatoms. The third-order valence-corrected chi connectivity index (χ3v) is 3.20. The van der Waals surface area contributed by atoms with E-state index in [9.17, 15) is 4.79 Å². The molecule has 0 radical (unpaired) electrons. The van der Waals surface area contributed by atoms with Crippen LogP contribution in [0.5, 0.6) is 0 Å². The van der Waals surface area contributed by atoms with E-state index in [2.05, 4.69) is 13.8 Å². The summed E-state index contributed by atoms with van der Waals surface area (Å²) in [6, 6.07) is 0. The Morgan fingerprint density at radius 3 is 2.75 bits per heavy atom. The van der Waals surface area contributed by atoms with Crippen molar-refractivity contribution >= 4 is 34.2 Å². The molecule has 1 aliphatic heterocycles. The van der Waals surface area contributed by atoms with Crippen molar-refractivity contribution in [2.45, 2.75) is 20.3 Å². The topological polar surface area (TPSA) is 20.3 Å². The predicted octanol–water partition coefficient (Wildman–Crippen LogP) is 1.89. The van der Waals surface area contributed by atoms with Crippen LogP contribution >= 0.6 is 24.0 Å². The van der Waals surface area contributed by atoms with Crippen LogP contribution in [0.25, 0.3) is 0 Å². The van der Waals surface area contributed by atoms with Gasteiger partial charge in [0.15, 0.2) is 0 Å². The van der Waals surface area contributed by atoms with Gasteiger partial charge in [0.1, 0.15) is 4.32 Å². The van der Waals surface area contributed by atoms with Crippen LogP contribution in [0, 0.1) is 5.92 Å². The number of thioether (sulfide) groups is 1. The number of carbonyl (C=O) groups excluding carboxylic acids is 1. The Bertz CT molecular complexity index is 187. The fourth-order valence-corrected chi connectivity index (χ4v) is 2.11. The molecule has 1 aliphatic rings. The summed E-state index contributed by atoms with van der Waals surface area (Å²) in [5.41, 5.74) is 0. The minimum Gasteiger partial charge on any atom is -0.297 e. The van der Waals surface area contributed by atoms with Crippen molar-refractivity contribution in [1.82, 2.24) is 4.90 Å². The monoisotopic (exact) mass is 203 g/mol. The highest BCUT2D eigenvalue weighted by Gasteiger charge is 2.25. The first-order valence-electron chi connectivity index (χ1n) is 4.08. The Kier molecular flexibility index (Phi) is 3.53. The molecule has 1 fully saturated rings. The molecule has 1 heterocycles. The molecule has 1 amide bonds. The van der Waals surface area contributed by atoms with E-state index in [-0.39, 0.29) is 5.91 Å². The lowest BCUT2D eigenvalue weighted by Crippen LogP contribution is -2.30. The van der Waals surface area contributed by atoms with Crippen molar-refractivity contribution in [3.05, 3.63) is 0 Å². The number of hydrogen-bond acceptors (Lipinski definition) is 3. The minimum absolute atomic E-state index is 0.172. The lowest BCUT2D eigenvalue weighted by atomic mass is 10.1. The third-order valence-electron chi connectivity index (χ3n) is 1.77. The fraction of sp³-hybridized carbons (Fsp3) is 0.750. The van der Waals surface area contributed by atoms with Gasteiger partial charge in [0, 0.05) is 6.54 Å². The molecule has 2 nitrogen and oxygen atoms in total. The number of thiocarbonyl (C=S) groups is 1. The van der Waals surface area contributed by atoms with Gasteiger partial charge in [-0.1, -0.05) is 37.8 Å². The summed E-state index contributed by atoms with van der Waals surface area (Å²) in [6.07, 6.45) is 1.03. The molecule has 0 bridgehead atoms. The maximum absolute atomic E-state index is 11.2. The number of nitrogens with zero attached hydrogens (tertiary/aromatic N) is 1. The van der Waals surface area contributed by atoms with Crippen LogP contribution in [-0.4, -0.2) is 27.4 Å². The van der Waals surface area contributed by atoms with E-state index in [0.717, 1.165) is 17.3 Å². The van der Waals surface area contributed by atoms with Gasteiger partial charge in [-0.3, -0.25) is 9.69 Å². The number of carbonyl (C=O) groups is 1. The summed E-state index contributed by atoms with van der Waals surface area (Å²) in [7, 11) is 0. The van der Waals surface area contributed by atoms with Crippen molar-refractivity contribution in [3.63, 3.8) is 0 Å². The maximum atomic E-state index is 11.2. The summed E-state index contributed by atoms with van der Waals surface area (Å²) in [4.78, 5) is 12.9. The molecule has 1 saturated heterocycles. The van der Waals surface area contributed by atoms with E-state index in [1.54, 1.807) is 4.90 Å². The van der Waals surface area contributed by atoms with Crippen LogP contribution in [0.4, 0.5) is 0 Å². The molecule has 0 unspecified atom stereocenters. The molecule has 0 aliphatic carbocycles. The Morgan fingerprint density at radius 2 is 2.33 bits per heavy atom. The lowest BCUT2D eigenvalue weighted by Gasteiger charge is -2.15. The van der Waals surface area contributed by atoms with Gasteiger partial charge in [-0.25, -0.2) is 0 Å². The molecular weight excluding hydrogens is 190 g/mol. The molecule has 68 valence electrons. The Morgan fingerprint density at radius 1 is 1.67 bits per heavy atom. The van der Waals surface area contributed by atoms with Crippen LogP contribution in [0.3, 0.4) is 0 Å². The first kappa shape index (κ1) is 9.99. The van der Waals surface area contributed by atoms with Crippen molar-refractivity contribution in [1.29, 1.82) is 0 Å². The second-order valence-corrected chi connectivity index (χ2v) is 4.89. The van der Waals surface area contributed by atoms with Crippen molar-refractivity contribution < 1.29 is 4.79 Å². The average Bonchev–Trinajstić information content (AvgIpc) is 2.28. The smallest absolute Gasteiger partial charge is 0.238 e. The molecule has 0 N–H and O–H groups in total.